The molecule has 2 aromatic rings. The molecule has 11 heteroatoms. The third-order valence-corrected chi connectivity index (χ3v) is 7.21. The lowest BCUT2D eigenvalue weighted by Crippen LogP contribution is -2.36. The van der Waals surface area contributed by atoms with E-state index in [9.17, 15) is 23.1 Å². The molecule has 1 aliphatic rings. The Morgan fingerprint density at radius 1 is 1.00 bits per heavy atom. The highest BCUT2D eigenvalue weighted by Gasteiger charge is 2.35. The van der Waals surface area contributed by atoms with Crippen molar-refractivity contribution in [2.75, 3.05) is 19.5 Å². The summed E-state index contributed by atoms with van der Waals surface area (Å²) in [4.78, 5) is 26.2. The van der Waals surface area contributed by atoms with Gasteiger partial charge in [-0.1, -0.05) is 25.0 Å². The van der Waals surface area contributed by atoms with E-state index in [1.807, 2.05) is 0 Å². The van der Waals surface area contributed by atoms with Gasteiger partial charge in [-0.05, 0) is 49.6 Å². The van der Waals surface area contributed by atoms with Gasteiger partial charge in [0.15, 0.2) is 0 Å². The molecule has 1 saturated carbocycles. The SMILES string of the molecule is COc1ccc(OC)c(S(=O)(=O)N/N=C(\C)c2ccc(NC(=O)[C@@H]3CCCC[C@@H]3C(=O)O)cc2)c1. The number of carboxylic acids is 1. The number of carboxylic acid groups (broad SMARTS) is 1. The minimum Gasteiger partial charge on any atom is -0.497 e. The minimum atomic E-state index is -4.03. The number of nitrogens with zero attached hydrogens (tertiary/aromatic N) is 1. The molecule has 0 radical (unpaired) electrons. The fraction of sp³-hybridized carbons (Fsp3) is 0.375. The van der Waals surface area contributed by atoms with Crippen molar-refractivity contribution in [1.82, 2.24) is 4.83 Å². The van der Waals surface area contributed by atoms with Gasteiger partial charge in [0.05, 0.1) is 31.8 Å². The van der Waals surface area contributed by atoms with Crippen LogP contribution in [0.15, 0.2) is 52.5 Å². The molecule has 0 saturated heterocycles. The van der Waals surface area contributed by atoms with Gasteiger partial charge in [0.25, 0.3) is 10.0 Å². The van der Waals surface area contributed by atoms with Gasteiger partial charge in [-0.15, -0.1) is 0 Å². The van der Waals surface area contributed by atoms with E-state index >= 15 is 0 Å². The van der Waals surface area contributed by atoms with E-state index in [2.05, 4.69) is 15.2 Å². The quantitative estimate of drug-likeness (QED) is 0.352. The van der Waals surface area contributed by atoms with Gasteiger partial charge < -0.3 is 19.9 Å². The van der Waals surface area contributed by atoms with Crippen molar-refractivity contribution < 1.29 is 32.6 Å². The number of sulfonamides is 1. The third kappa shape index (κ3) is 6.30. The largest absolute Gasteiger partial charge is 0.497 e. The number of hydrogen-bond donors (Lipinski definition) is 3. The summed E-state index contributed by atoms with van der Waals surface area (Å²) in [5.74, 6) is -1.99. The molecule has 10 nitrogen and oxygen atoms in total. The number of hydrazone groups is 1. The molecule has 0 spiro atoms. The molecule has 0 aromatic heterocycles. The zero-order valence-electron chi connectivity index (χ0n) is 19.8. The Morgan fingerprint density at radius 3 is 2.26 bits per heavy atom. The zero-order chi connectivity index (χ0) is 25.6. The van der Waals surface area contributed by atoms with Crippen LogP contribution in [0.3, 0.4) is 0 Å². The summed E-state index contributed by atoms with van der Waals surface area (Å²) in [5, 5.41) is 16.2. The van der Waals surface area contributed by atoms with Crippen molar-refractivity contribution in [3.05, 3.63) is 48.0 Å². The van der Waals surface area contributed by atoms with Crippen LogP contribution in [0.1, 0.15) is 38.2 Å². The molecule has 0 bridgehead atoms. The molecule has 35 heavy (non-hydrogen) atoms. The lowest BCUT2D eigenvalue weighted by atomic mass is 9.78. The summed E-state index contributed by atoms with van der Waals surface area (Å²) in [5.41, 5.74) is 1.54. The van der Waals surface area contributed by atoms with Crippen LogP contribution in [0, 0.1) is 11.8 Å². The second-order valence-electron chi connectivity index (χ2n) is 8.21. The number of carbonyl (C=O) groups is 2. The van der Waals surface area contributed by atoms with E-state index in [1.165, 1.54) is 26.4 Å². The highest BCUT2D eigenvalue weighted by atomic mass is 32.2. The minimum absolute atomic E-state index is 0.115. The second kappa shape index (κ2) is 11.2. The van der Waals surface area contributed by atoms with Crippen LogP contribution in [-0.2, 0) is 19.6 Å². The molecule has 1 fully saturated rings. The van der Waals surface area contributed by atoms with Crippen molar-refractivity contribution in [3.63, 3.8) is 0 Å². The summed E-state index contributed by atoms with van der Waals surface area (Å²) in [6.07, 6.45) is 2.68. The van der Waals surface area contributed by atoms with E-state index < -0.39 is 27.8 Å². The number of aliphatic carboxylic acids is 1. The fourth-order valence-corrected chi connectivity index (χ4v) is 5.05. The van der Waals surface area contributed by atoms with Gasteiger partial charge >= 0.3 is 5.97 Å². The molecule has 0 heterocycles. The van der Waals surface area contributed by atoms with Crippen molar-refractivity contribution in [2.45, 2.75) is 37.5 Å². The van der Waals surface area contributed by atoms with Crippen molar-refractivity contribution >= 4 is 33.3 Å². The number of anilines is 1. The summed E-state index contributed by atoms with van der Waals surface area (Å²) in [6.45, 7) is 1.64. The Hall–Kier alpha value is -3.60. The van der Waals surface area contributed by atoms with Crippen molar-refractivity contribution in [2.24, 2.45) is 16.9 Å². The molecule has 0 aliphatic heterocycles. The van der Waals surface area contributed by atoms with E-state index in [-0.39, 0.29) is 16.6 Å². The van der Waals surface area contributed by atoms with Crippen LogP contribution in [0.5, 0.6) is 11.5 Å². The average molecular weight is 504 g/mol. The van der Waals surface area contributed by atoms with Crippen molar-refractivity contribution in [3.8, 4) is 11.5 Å². The Morgan fingerprint density at radius 2 is 1.66 bits per heavy atom. The van der Waals surface area contributed by atoms with Crippen LogP contribution >= 0.6 is 0 Å². The van der Waals surface area contributed by atoms with Gasteiger partial charge in [-0.2, -0.15) is 18.4 Å². The van der Waals surface area contributed by atoms with E-state index in [0.717, 1.165) is 12.8 Å². The predicted octanol–water partition coefficient (Wildman–Crippen LogP) is 3.24. The Balaban J connectivity index is 1.70. The highest BCUT2D eigenvalue weighted by Crippen LogP contribution is 2.31. The normalized spacial score (nSPS) is 18.4. The molecule has 2 atom stereocenters. The van der Waals surface area contributed by atoms with Crippen LogP contribution in [0.4, 0.5) is 5.69 Å². The monoisotopic (exact) mass is 503 g/mol. The number of ether oxygens (including phenoxy) is 2. The van der Waals surface area contributed by atoms with Gasteiger partial charge in [0.1, 0.15) is 16.4 Å². The van der Waals surface area contributed by atoms with Gasteiger partial charge in [-0.3, -0.25) is 9.59 Å². The summed E-state index contributed by atoms with van der Waals surface area (Å²) >= 11 is 0. The third-order valence-electron chi connectivity index (χ3n) is 5.98. The molecular formula is C24H29N3O7S. The first-order valence-corrected chi connectivity index (χ1v) is 12.6. The second-order valence-corrected chi connectivity index (χ2v) is 9.84. The smallest absolute Gasteiger partial charge is 0.307 e. The predicted molar refractivity (Wildman–Crippen MR) is 130 cm³/mol. The van der Waals surface area contributed by atoms with Crippen LogP contribution in [-0.4, -0.2) is 45.3 Å². The molecule has 3 rings (SSSR count). The molecule has 0 unspecified atom stereocenters. The highest BCUT2D eigenvalue weighted by molar-refractivity contribution is 7.89. The maximum Gasteiger partial charge on any atom is 0.307 e. The van der Waals surface area contributed by atoms with Gasteiger partial charge in [0, 0.05) is 11.8 Å². The van der Waals surface area contributed by atoms with Crippen LogP contribution in [0.2, 0.25) is 0 Å². The Bertz CT molecular complexity index is 1210. The van der Waals surface area contributed by atoms with E-state index in [0.29, 0.717) is 35.6 Å². The molecule has 1 aliphatic carbocycles. The molecule has 1 amide bonds. The number of rotatable bonds is 9. The first kappa shape index (κ1) is 26.0. The zero-order valence-corrected chi connectivity index (χ0v) is 20.6. The first-order valence-electron chi connectivity index (χ1n) is 11.1. The lowest BCUT2D eigenvalue weighted by molar-refractivity contribution is -0.147. The van der Waals surface area contributed by atoms with Gasteiger partial charge in [0.2, 0.25) is 5.91 Å². The number of methoxy groups -OCH3 is 2. The van der Waals surface area contributed by atoms with E-state index in [1.54, 1.807) is 37.3 Å². The molecule has 3 N–H and O–H groups in total. The number of nitrogens with one attached hydrogen (secondary N) is 2. The first-order chi connectivity index (χ1) is 16.7. The maximum atomic E-state index is 12.8. The number of hydrogen-bond acceptors (Lipinski definition) is 7. The Kier molecular flexibility index (Phi) is 8.34. The number of carbonyl (C=O) groups excluding carboxylic acids is 1. The standard InChI is InChI=1S/C24H29N3O7S/c1-15(26-27-35(31,32)22-14-18(33-2)12-13-21(22)34-3)16-8-10-17(11-9-16)25-23(28)19-6-4-5-7-20(19)24(29)30/h8-14,19-20,27H,4-7H2,1-3H3,(H,25,28)(H,29,30)/b26-15+/t19-,20+/m1/s1. The molecular weight excluding hydrogens is 474 g/mol. The Labute approximate surface area is 204 Å². The summed E-state index contributed by atoms with van der Waals surface area (Å²) < 4.78 is 35.8. The van der Waals surface area contributed by atoms with Crippen molar-refractivity contribution in [1.29, 1.82) is 0 Å². The van der Waals surface area contributed by atoms with Crippen LogP contribution < -0.4 is 19.6 Å². The average Bonchev–Trinajstić information content (AvgIpc) is 2.87. The summed E-state index contributed by atoms with van der Waals surface area (Å²) in [6, 6.07) is 11.1. The van der Waals surface area contributed by atoms with E-state index in [4.69, 9.17) is 9.47 Å². The van der Waals surface area contributed by atoms with Gasteiger partial charge in [-0.25, -0.2) is 0 Å². The molecule has 2 aromatic carbocycles. The summed E-state index contributed by atoms with van der Waals surface area (Å²) in [7, 11) is -1.24. The topological polar surface area (TPSA) is 143 Å². The fourth-order valence-electron chi connectivity index (χ4n) is 4.01. The lowest BCUT2D eigenvalue weighted by Gasteiger charge is -2.27. The van der Waals surface area contributed by atoms with Crippen LogP contribution in [0.25, 0.3) is 0 Å². The maximum absolute atomic E-state index is 12.8. The molecule has 188 valence electrons. The number of benzene rings is 2. The number of amides is 1.